The predicted molar refractivity (Wildman–Crippen MR) is 62.5 cm³/mol. The summed E-state index contributed by atoms with van der Waals surface area (Å²) in [5, 5.41) is 0. The van der Waals surface area contributed by atoms with Crippen molar-refractivity contribution in [1.82, 2.24) is 0 Å². The monoisotopic (exact) mass is 191 g/mol. The average molecular weight is 191 g/mol. The van der Waals surface area contributed by atoms with Crippen molar-refractivity contribution in [2.24, 2.45) is 5.73 Å². The van der Waals surface area contributed by atoms with Gasteiger partial charge in [0.15, 0.2) is 0 Å². The molecule has 0 fully saturated rings. The van der Waals surface area contributed by atoms with Gasteiger partial charge in [-0.1, -0.05) is 36.2 Å². The Morgan fingerprint density at radius 2 is 1.71 bits per heavy atom. The zero-order valence-corrected chi connectivity index (χ0v) is 9.51. The third-order valence-electron chi connectivity index (χ3n) is 2.61. The van der Waals surface area contributed by atoms with Gasteiger partial charge in [-0.2, -0.15) is 0 Å². The topological polar surface area (TPSA) is 26.0 Å². The van der Waals surface area contributed by atoms with Crippen LogP contribution < -0.4 is 5.73 Å². The van der Waals surface area contributed by atoms with Crippen LogP contribution in [-0.2, 0) is 6.42 Å². The lowest BCUT2D eigenvalue weighted by molar-refractivity contribution is 0.596. The van der Waals surface area contributed by atoms with Gasteiger partial charge < -0.3 is 5.73 Å². The Balaban J connectivity index is 2.58. The fourth-order valence-corrected chi connectivity index (χ4v) is 1.77. The van der Waals surface area contributed by atoms with E-state index in [4.69, 9.17) is 5.73 Å². The molecule has 0 saturated heterocycles. The van der Waals surface area contributed by atoms with Crippen LogP contribution in [0.3, 0.4) is 0 Å². The fraction of sp³-hybridized carbons (Fsp3) is 0.538. The van der Waals surface area contributed by atoms with Crippen molar-refractivity contribution in [2.75, 3.05) is 0 Å². The van der Waals surface area contributed by atoms with Crippen molar-refractivity contribution in [3.05, 3.63) is 34.9 Å². The molecule has 0 bridgehead atoms. The molecule has 1 aromatic rings. The number of hydrogen-bond acceptors (Lipinski definition) is 1. The highest BCUT2D eigenvalue weighted by Gasteiger charge is 2.01. The zero-order chi connectivity index (χ0) is 10.6. The van der Waals surface area contributed by atoms with Gasteiger partial charge in [0.1, 0.15) is 0 Å². The Kier molecular flexibility index (Phi) is 4.15. The third-order valence-corrected chi connectivity index (χ3v) is 2.61. The van der Waals surface area contributed by atoms with E-state index in [1.54, 1.807) is 0 Å². The minimum atomic E-state index is 0.357. The molecule has 1 atom stereocenters. The van der Waals surface area contributed by atoms with Gasteiger partial charge in [-0.05, 0) is 38.7 Å². The van der Waals surface area contributed by atoms with E-state index in [1.165, 1.54) is 16.7 Å². The van der Waals surface area contributed by atoms with E-state index >= 15 is 0 Å². The van der Waals surface area contributed by atoms with E-state index in [-0.39, 0.29) is 0 Å². The van der Waals surface area contributed by atoms with Gasteiger partial charge in [0.2, 0.25) is 0 Å². The molecule has 1 aromatic carbocycles. The predicted octanol–water partition coefficient (Wildman–Crippen LogP) is 2.97. The smallest absolute Gasteiger partial charge is 0.00393 e. The summed E-state index contributed by atoms with van der Waals surface area (Å²) in [7, 11) is 0. The van der Waals surface area contributed by atoms with Crippen molar-refractivity contribution < 1.29 is 0 Å². The van der Waals surface area contributed by atoms with Gasteiger partial charge in [-0.15, -0.1) is 0 Å². The molecular weight excluding hydrogens is 170 g/mol. The lowest BCUT2D eigenvalue weighted by Gasteiger charge is -2.09. The van der Waals surface area contributed by atoms with Gasteiger partial charge in [-0.3, -0.25) is 0 Å². The quantitative estimate of drug-likeness (QED) is 0.778. The number of aryl methyl sites for hydroxylation is 3. The second-order valence-electron chi connectivity index (χ2n) is 4.20. The van der Waals surface area contributed by atoms with Crippen molar-refractivity contribution in [3.8, 4) is 0 Å². The minimum Gasteiger partial charge on any atom is -0.328 e. The van der Waals surface area contributed by atoms with Crippen LogP contribution in [0, 0.1) is 13.8 Å². The van der Waals surface area contributed by atoms with Gasteiger partial charge in [0.05, 0.1) is 0 Å². The minimum absolute atomic E-state index is 0.357. The summed E-state index contributed by atoms with van der Waals surface area (Å²) in [5.41, 5.74) is 10.0. The molecule has 1 nitrogen and oxygen atoms in total. The second-order valence-corrected chi connectivity index (χ2v) is 4.20. The normalized spacial score (nSPS) is 12.9. The molecule has 1 rings (SSSR count). The van der Waals surface area contributed by atoms with Gasteiger partial charge in [0.25, 0.3) is 0 Å². The van der Waals surface area contributed by atoms with E-state index < -0.39 is 0 Å². The summed E-state index contributed by atoms with van der Waals surface area (Å²) in [6, 6.07) is 7.09. The first kappa shape index (κ1) is 11.3. The highest BCUT2D eigenvalue weighted by molar-refractivity contribution is 5.28. The van der Waals surface area contributed by atoms with Crippen LogP contribution in [0.1, 0.15) is 36.5 Å². The van der Waals surface area contributed by atoms with Crippen molar-refractivity contribution in [1.29, 1.82) is 0 Å². The van der Waals surface area contributed by atoms with Crippen LogP contribution in [0.2, 0.25) is 0 Å². The number of nitrogens with two attached hydrogens (primary N) is 1. The van der Waals surface area contributed by atoms with Crippen LogP contribution in [0.4, 0.5) is 0 Å². The summed E-state index contributed by atoms with van der Waals surface area (Å²) in [5.74, 6) is 0. The first-order valence-corrected chi connectivity index (χ1v) is 5.44. The largest absolute Gasteiger partial charge is 0.328 e. The highest BCUT2D eigenvalue weighted by Crippen LogP contribution is 2.11. The molecule has 1 heteroatoms. The number of rotatable bonds is 4. The first-order chi connectivity index (χ1) is 6.61. The Bertz CT molecular complexity index is 271. The van der Waals surface area contributed by atoms with Crippen molar-refractivity contribution in [2.45, 2.75) is 46.1 Å². The molecule has 78 valence electrons. The van der Waals surface area contributed by atoms with E-state index in [0.29, 0.717) is 6.04 Å². The number of hydrogen-bond donors (Lipinski definition) is 1. The molecule has 1 unspecified atom stereocenters. The molecule has 14 heavy (non-hydrogen) atoms. The Hall–Kier alpha value is -0.820. The lowest BCUT2D eigenvalue weighted by Crippen LogP contribution is -2.19. The molecule has 0 aliphatic rings. The van der Waals surface area contributed by atoms with E-state index in [9.17, 15) is 0 Å². The zero-order valence-electron chi connectivity index (χ0n) is 9.51. The SMILES string of the molecule is CCC(N)CCc1cc(C)cc(C)c1. The van der Waals surface area contributed by atoms with Gasteiger partial charge in [-0.25, -0.2) is 0 Å². The molecule has 0 aromatic heterocycles. The second kappa shape index (κ2) is 5.16. The molecule has 2 N–H and O–H groups in total. The Morgan fingerprint density at radius 3 is 2.21 bits per heavy atom. The standard InChI is InChI=1S/C13H21N/c1-4-13(14)6-5-12-8-10(2)7-11(3)9-12/h7-9,13H,4-6,14H2,1-3H3. The van der Waals surface area contributed by atoms with Crippen LogP contribution in [0.5, 0.6) is 0 Å². The van der Waals surface area contributed by atoms with E-state index in [0.717, 1.165) is 19.3 Å². The molecule has 0 aliphatic carbocycles. The molecule has 0 heterocycles. The Morgan fingerprint density at radius 1 is 1.14 bits per heavy atom. The highest BCUT2D eigenvalue weighted by atomic mass is 14.6. The maximum Gasteiger partial charge on any atom is 0.00393 e. The average Bonchev–Trinajstić information content (AvgIpc) is 2.12. The lowest BCUT2D eigenvalue weighted by atomic mass is 10.0. The first-order valence-electron chi connectivity index (χ1n) is 5.44. The summed E-state index contributed by atoms with van der Waals surface area (Å²) in [4.78, 5) is 0. The van der Waals surface area contributed by atoms with Gasteiger partial charge in [0, 0.05) is 6.04 Å². The van der Waals surface area contributed by atoms with Crippen LogP contribution >= 0.6 is 0 Å². The molecule has 0 spiro atoms. The number of benzene rings is 1. The summed E-state index contributed by atoms with van der Waals surface area (Å²) in [6.45, 7) is 6.44. The maximum absolute atomic E-state index is 5.90. The summed E-state index contributed by atoms with van der Waals surface area (Å²) in [6.07, 6.45) is 3.28. The maximum atomic E-state index is 5.90. The van der Waals surface area contributed by atoms with E-state index in [2.05, 4.69) is 39.0 Å². The fourth-order valence-electron chi connectivity index (χ4n) is 1.77. The summed E-state index contributed by atoms with van der Waals surface area (Å²) < 4.78 is 0. The van der Waals surface area contributed by atoms with E-state index in [1.807, 2.05) is 0 Å². The molecule has 0 saturated carbocycles. The molecule has 0 radical (unpaired) electrons. The third kappa shape index (κ3) is 3.51. The summed E-state index contributed by atoms with van der Waals surface area (Å²) >= 11 is 0. The van der Waals surface area contributed by atoms with Crippen molar-refractivity contribution >= 4 is 0 Å². The van der Waals surface area contributed by atoms with Crippen molar-refractivity contribution in [3.63, 3.8) is 0 Å². The van der Waals surface area contributed by atoms with Gasteiger partial charge >= 0.3 is 0 Å². The van der Waals surface area contributed by atoms with Crippen LogP contribution in [0.15, 0.2) is 18.2 Å². The van der Waals surface area contributed by atoms with Crippen LogP contribution in [0.25, 0.3) is 0 Å². The molecule has 0 aliphatic heterocycles. The molecule has 0 amide bonds. The molecular formula is C13H21N. The van der Waals surface area contributed by atoms with Crippen LogP contribution in [-0.4, -0.2) is 6.04 Å². The Labute approximate surface area is 87.3 Å².